The lowest BCUT2D eigenvalue weighted by Gasteiger charge is -2.20. The van der Waals surface area contributed by atoms with Gasteiger partial charge in [0.05, 0.1) is 0 Å². The Hall–Kier alpha value is -2.80. The van der Waals surface area contributed by atoms with Crippen molar-refractivity contribution in [3.05, 3.63) is 54.1 Å². The van der Waals surface area contributed by atoms with Gasteiger partial charge in [-0.3, -0.25) is 14.4 Å². The number of hydrogen-bond donors (Lipinski definition) is 2. The van der Waals surface area contributed by atoms with Crippen LogP contribution >= 0.6 is 11.8 Å². The SMILES string of the molecule is CN(C)C(=O)Sc1ccc(NC(=O)c2cccc(NC(=O)C3CCCCC3)c2)cc1. The summed E-state index contributed by atoms with van der Waals surface area (Å²) in [6.45, 7) is 0. The van der Waals surface area contributed by atoms with Crippen LogP contribution in [0.25, 0.3) is 0 Å². The molecule has 0 spiro atoms. The Morgan fingerprint density at radius 1 is 0.900 bits per heavy atom. The van der Waals surface area contributed by atoms with E-state index < -0.39 is 0 Å². The fraction of sp³-hybridized carbons (Fsp3) is 0.348. The number of rotatable bonds is 5. The molecule has 0 unspecified atom stereocenters. The van der Waals surface area contributed by atoms with E-state index in [0.717, 1.165) is 42.3 Å². The molecule has 3 rings (SSSR count). The Balaban J connectivity index is 1.59. The summed E-state index contributed by atoms with van der Waals surface area (Å²) >= 11 is 1.13. The van der Waals surface area contributed by atoms with Gasteiger partial charge in [0.2, 0.25) is 5.91 Å². The topological polar surface area (TPSA) is 78.5 Å². The zero-order chi connectivity index (χ0) is 21.5. The van der Waals surface area contributed by atoms with Crippen molar-refractivity contribution in [2.75, 3.05) is 24.7 Å². The van der Waals surface area contributed by atoms with E-state index in [2.05, 4.69) is 10.6 Å². The summed E-state index contributed by atoms with van der Waals surface area (Å²) in [5.41, 5.74) is 1.74. The Morgan fingerprint density at radius 2 is 1.60 bits per heavy atom. The van der Waals surface area contributed by atoms with Crippen molar-refractivity contribution >= 4 is 40.2 Å². The summed E-state index contributed by atoms with van der Waals surface area (Å²) < 4.78 is 0. The molecule has 2 N–H and O–H groups in total. The molecule has 1 aliphatic rings. The Morgan fingerprint density at radius 3 is 2.27 bits per heavy atom. The minimum absolute atomic E-state index is 0.0348. The Labute approximate surface area is 181 Å². The van der Waals surface area contributed by atoms with Gasteiger partial charge in [-0.15, -0.1) is 0 Å². The van der Waals surface area contributed by atoms with Gasteiger partial charge in [-0.2, -0.15) is 0 Å². The molecular weight excluding hydrogens is 398 g/mol. The summed E-state index contributed by atoms with van der Waals surface area (Å²) in [4.78, 5) is 39.1. The monoisotopic (exact) mass is 425 g/mol. The molecule has 0 heterocycles. The van der Waals surface area contributed by atoms with E-state index in [0.29, 0.717) is 16.9 Å². The number of benzene rings is 2. The lowest BCUT2D eigenvalue weighted by Crippen LogP contribution is -2.24. The summed E-state index contributed by atoms with van der Waals surface area (Å²) in [6.07, 6.45) is 5.26. The smallest absolute Gasteiger partial charge is 0.285 e. The van der Waals surface area contributed by atoms with Crippen molar-refractivity contribution in [3.63, 3.8) is 0 Å². The molecule has 1 saturated carbocycles. The minimum atomic E-state index is -0.256. The summed E-state index contributed by atoms with van der Waals surface area (Å²) in [6, 6.07) is 14.1. The normalized spacial score (nSPS) is 14.1. The van der Waals surface area contributed by atoms with Gasteiger partial charge in [-0.25, -0.2) is 0 Å². The maximum Gasteiger partial charge on any atom is 0.285 e. The van der Waals surface area contributed by atoms with E-state index >= 15 is 0 Å². The first-order valence-corrected chi connectivity index (χ1v) is 11.0. The molecule has 30 heavy (non-hydrogen) atoms. The third-order valence-corrected chi connectivity index (χ3v) is 6.10. The van der Waals surface area contributed by atoms with E-state index in [4.69, 9.17) is 0 Å². The van der Waals surface area contributed by atoms with Crippen LogP contribution in [0.4, 0.5) is 16.2 Å². The number of thioether (sulfide) groups is 1. The molecular formula is C23H27N3O3S. The molecule has 158 valence electrons. The van der Waals surface area contributed by atoms with Gasteiger partial charge in [-0.1, -0.05) is 25.3 Å². The molecule has 2 aromatic rings. The van der Waals surface area contributed by atoms with Gasteiger partial charge in [0.15, 0.2) is 0 Å². The van der Waals surface area contributed by atoms with Gasteiger partial charge in [0.25, 0.3) is 11.1 Å². The maximum atomic E-state index is 12.6. The second kappa shape index (κ2) is 10.3. The van der Waals surface area contributed by atoms with E-state index in [-0.39, 0.29) is 23.0 Å². The van der Waals surface area contributed by atoms with Crippen LogP contribution < -0.4 is 10.6 Å². The lowest BCUT2D eigenvalue weighted by molar-refractivity contribution is -0.120. The molecule has 0 bridgehead atoms. The van der Waals surface area contributed by atoms with Crippen LogP contribution in [0.2, 0.25) is 0 Å². The fourth-order valence-electron chi connectivity index (χ4n) is 3.35. The Bertz CT molecular complexity index is 906. The molecule has 0 aromatic heterocycles. The van der Waals surface area contributed by atoms with Crippen LogP contribution in [0.1, 0.15) is 42.5 Å². The lowest BCUT2D eigenvalue weighted by atomic mass is 9.88. The second-order valence-corrected chi connectivity index (χ2v) is 8.67. The highest BCUT2D eigenvalue weighted by Gasteiger charge is 2.21. The van der Waals surface area contributed by atoms with Crippen molar-refractivity contribution in [1.82, 2.24) is 4.90 Å². The number of hydrogen-bond acceptors (Lipinski definition) is 4. The predicted octanol–water partition coefficient (Wildman–Crippen LogP) is 5.23. The van der Waals surface area contributed by atoms with Crippen LogP contribution in [0.15, 0.2) is 53.4 Å². The van der Waals surface area contributed by atoms with Crippen molar-refractivity contribution in [2.45, 2.75) is 37.0 Å². The molecule has 2 aromatic carbocycles. The maximum absolute atomic E-state index is 12.6. The third-order valence-electron chi connectivity index (χ3n) is 5.05. The molecule has 1 aliphatic carbocycles. The van der Waals surface area contributed by atoms with Crippen LogP contribution in [-0.2, 0) is 4.79 Å². The summed E-state index contributed by atoms with van der Waals surface area (Å²) in [7, 11) is 3.41. The van der Waals surface area contributed by atoms with Crippen molar-refractivity contribution in [1.29, 1.82) is 0 Å². The van der Waals surface area contributed by atoms with Crippen LogP contribution in [0.5, 0.6) is 0 Å². The average molecular weight is 426 g/mol. The first kappa shape index (κ1) is 21.9. The van der Waals surface area contributed by atoms with E-state index in [9.17, 15) is 14.4 Å². The molecule has 0 atom stereocenters. The largest absolute Gasteiger partial charge is 0.339 e. The number of amides is 3. The molecule has 7 heteroatoms. The highest BCUT2D eigenvalue weighted by atomic mass is 32.2. The molecule has 1 fully saturated rings. The number of anilines is 2. The number of nitrogens with zero attached hydrogens (tertiary/aromatic N) is 1. The van der Waals surface area contributed by atoms with E-state index in [1.54, 1.807) is 62.6 Å². The van der Waals surface area contributed by atoms with Crippen LogP contribution in [0, 0.1) is 5.92 Å². The quantitative estimate of drug-likeness (QED) is 0.643. The third kappa shape index (κ3) is 6.10. The van der Waals surface area contributed by atoms with Gasteiger partial charge < -0.3 is 15.5 Å². The minimum Gasteiger partial charge on any atom is -0.339 e. The Kier molecular flexibility index (Phi) is 7.52. The second-order valence-electron chi connectivity index (χ2n) is 7.65. The fourth-order valence-corrected chi connectivity index (χ4v) is 4.01. The average Bonchev–Trinajstić information content (AvgIpc) is 2.75. The molecule has 3 amide bonds. The van der Waals surface area contributed by atoms with Gasteiger partial charge in [-0.05, 0) is 67.1 Å². The van der Waals surface area contributed by atoms with Gasteiger partial charge in [0, 0.05) is 41.8 Å². The first-order chi connectivity index (χ1) is 14.4. The number of carbonyl (C=O) groups excluding carboxylic acids is 3. The molecule has 0 aliphatic heterocycles. The number of nitrogens with one attached hydrogen (secondary N) is 2. The zero-order valence-electron chi connectivity index (χ0n) is 17.3. The van der Waals surface area contributed by atoms with Crippen molar-refractivity contribution in [2.24, 2.45) is 5.92 Å². The van der Waals surface area contributed by atoms with E-state index in [1.165, 1.54) is 11.3 Å². The van der Waals surface area contributed by atoms with Crippen molar-refractivity contribution < 1.29 is 14.4 Å². The predicted molar refractivity (Wildman–Crippen MR) is 121 cm³/mol. The van der Waals surface area contributed by atoms with E-state index in [1.807, 2.05) is 0 Å². The highest BCUT2D eigenvalue weighted by Crippen LogP contribution is 2.26. The molecule has 0 radical (unpaired) electrons. The standard InChI is InChI=1S/C23H27N3O3S/c1-26(2)23(29)30-20-13-11-18(12-14-20)24-22(28)17-9-6-10-19(15-17)25-21(27)16-7-4-3-5-8-16/h6,9-16H,3-5,7-8H2,1-2H3,(H,24,28)(H,25,27). The molecule has 6 nitrogen and oxygen atoms in total. The highest BCUT2D eigenvalue weighted by molar-refractivity contribution is 8.13. The van der Waals surface area contributed by atoms with Crippen molar-refractivity contribution in [3.8, 4) is 0 Å². The first-order valence-electron chi connectivity index (χ1n) is 10.1. The molecule has 0 saturated heterocycles. The van der Waals surface area contributed by atoms with Gasteiger partial charge in [0.1, 0.15) is 0 Å². The van der Waals surface area contributed by atoms with Crippen LogP contribution in [-0.4, -0.2) is 36.0 Å². The summed E-state index contributed by atoms with van der Waals surface area (Å²) in [5, 5.41) is 5.74. The van der Waals surface area contributed by atoms with Crippen LogP contribution in [0.3, 0.4) is 0 Å². The zero-order valence-corrected chi connectivity index (χ0v) is 18.1. The number of carbonyl (C=O) groups is 3. The summed E-state index contributed by atoms with van der Waals surface area (Å²) in [5.74, 6) is -0.159. The van der Waals surface area contributed by atoms with Gasteiger partial charge >= 0.3 is 0 Å².